The van der Waals surface area contributed by atoms with Gasteiger partial charge in [0.25, 0.3) is 0 Å². The molecule has 0 aromatic carbocycles. The van der Waals surface area contributed by atoms with Crippen LogP contribution in [0.4, 0.5) is 0 Å². The average Bonchev–Trinajstić information content (AvgIpc) is 2.66. The second-order valence-corrected chi connectivity index (χ2v) is 4.04. The lowest BCUT2D eigenvalue weighted by Crippen LogP contribution is -2.22. The summed E-state index contributed by atoms with van der Waals surface area (Å²) >= 11 is 0. The standard InChI is InChI=1S/C10H21N5O/c1-4-16-6-5-15-10(12-13-14-15)8-11-7-9(2)3/h9,11H,4-8H2,1-3H3. The number of nitrogens with one attached hydrogen (secondary N) is 1. The highest BCUT2D eigenvalue weighted by atomic mass is 16.5. The molecule has 0 radical (unpaired) electrons. The monoisotopic (exact) mass is 227 g/mol. The van der Waals surface area contributed by atoms with Crippen molar-refractivity contribution in [2.24, 2.45) is 5.92 Å². The molecule has 1 heterocycles. The van der Waals surface area contributed by atoms with E-state index in [0.29, 0.717) is 25.6 Å². The molecule has 0 fully saturated rings. The molecule has 0 amide bonds. The van der Waals surface area contributed by atoms with Gasteiger partial charge in [-0.05, 0) is 29.8 Å². The molecular formula is C10H21N5O. The van der Waals surface area contributed by atoms with Gasteiger partial charge in [-0.3, -0.25) is 0 Å². The van der Waals surface area contributed by atoms with Crippen LogP contribution in [0, 0.1) is 5.92 Å². The Hall–Kier alpha value is -1.01. The van der Waals surface area contributed by atoms with E-state index in [1.807, 2.05) is 6.92 Å². The minimum Gasteiger partial charge on any atom is -0.380 e. The van der Waals surface area contributed by atoms with E-state index in [2.05, 4.69) is 34.7 Å². The highest BCUT2D eigenvalue weighted by Gasteiger charge is 2.05. The normalized spacial score (nSPS) is 11.2. The Balaban J connectivity index is 2.32. The zero-order chi connectivity index (χ0) is 11.8. The van der Waals surface area contributed by atoms with E-state index in [1.165, 1.54) is 0 Å². The second-order valence-electron chi connectivity index (χ2n) is 4.04. The number of rotatable bonds is 8. The van der Waals surface area contributed by atoms with Gasteiger partial charge in [0, 0.05) is 6.61 Å². The Morgan fingerprint density at radius 2 is 2.25 bits per heavy atom. The molecule has 0 bridgehead atoms. The quantitative estimate of drug-likeness (QED) is 0.653. The van der Waals surface area contributed by atoms with Gasteiger partial charge < -0.3 is 10.1 Å². The number of ether oxygens (including phenoxy) is 1. The van der Waals surface area contributed by atoms with Crippen LogP contribution in [0.15, 0.2) is 0 Å². The summed E-state index contributed by atoms with van der Waals surface area (Å²) in [7, 11) is 0. The lowest BCUT2D eigenvalue weighted by Gasteiger charge is -2.07. The van der Waals surface area contributed by atoms with Crippen LogP contribution in [0.2, 0.25) is 0 Å². The first-order chi connectivity index (χ1) is 7.74. The van der Waals surface area contributed by atoms with Crippen molar-refractivity contribution in [1.29, 1.82) is 0 Å². The van der Waals surface area contributed by atoms with Crippen molar-refractivity contribution in [3.8, 4) is 0 Å². The highest BCUT2D eigenvalue weighted by molar-refractivity contribution is 4.79. The fraction of sp³-hybridized carbons (Fsp3) is 0.900. The first kappa shape index (κ1) is 13.1. The first-order valence-corrected chi connectivity index (χ1v) is 5.77. The minimum absolute atomic E-state index is 0.632. The topological polar surface area (TPSA) is 64.9 Å². The third kappa shape index (κ3) is 4.67. The first-order valence-electron chi connectivity index (χ1n) is 5.77. The molecular weight excluding hydrogens is 206 g/mol. The van der Waals surface area contributed by atoms with E-state index >= 15 is 0 Å². The molecule has 0 atom stereocenters. The Morgan fingerprint density at radius 3 is 2.94 bits per heavy atom. The molecule has 16 heavy (non-hydrogen) atoms. The van der Waals surface area contributed by atoms with Crippen molar-refractivity contribution in [3.05, 3.63) is 5.82 Å². The number of hydrogen-bond acceptors (Lipinski definition) is 5. The van der Waals surface area contributed by atoms with Gasteiger partial charge in [-0.25, -0.2) is 4.68 Å². The van der Waals surface area contributed by atoms with Crippen molar-refractivity contribution in [2.45, 2.75) is 33.9 Å². The van der Waals surface area contributed by atoms with Crippen molar-refractivity contribution < 1.29 is 4.74 Å². The summed E-state index contributed by atoms with van der Waals surface area (Å²) in [4.78, 5) is 0. The maximum absolute atomic E-state index is 5.27. The summed E-state index contributed by atoms with van der Waals surface area (Å²) in [6.07, 6.45) is 0. The number of tetrazole rings is 1. The van der Waals surface area contributed by atoms with Crippen LogP contribution < -0.4 is 5.32 Å². The molecule has 1 rings (SSSR count). The Bertz CT molecular complexity index is 286. The van der Waals surface area contributed by atoms with E-state index in [9.17, 15) is 0 Å². The van der Waals surface area contributed by atoms with E-state index < -0.39 is 0 Å². The number of hydrogen-bond donors (Lipinski definition) is 1. The summed E-state index contributed by atoms with van der Waals surface area (Å²) < 4.78 is 7.05. The molecule has 6 heteroatoms. The molecule has 0 aliphatic carbocycles. The smallest absolute Gasteiger partial charge is 0.165 e. The summed E-state index contributed by atoms with van der Waals surface area (Å²) in [5, 5.41) is 14.9. The predicted octanol–water partition coefficient (Wildman–Crippen LogP) is 0.455. The molecule has 1 N–H and O–H groups in total. The lowest BCUT2D eigenvalue weighted by molar-refractivity contribution is 0.135. The minimum atomic E-state index is 0.632. The summed E-state index contributed by atoms with van der Waals surface area (Å²) in [6, 6.07) is 0. The molecule has 6 nitrogen and oxygen atoms in total. The second kappa shape index (κ2) is 7.29. The van der Waals surface area contributed by atoms with Crippen LogP contribution in [0.5, 0.6) is 0 Å². The van der Waals surface area contributed by atoms with Gasteiger partial charge in [0.2, 0.25) is 0 Å². The van der Waals surface area contributed by atoms with Crippen LogP contribution >= 0.6 is 0 Å². The number of nitrogens with zero attached hydrogens (tertiary/aromatic N) is 4. The summed E-state index contributed by atoms with van der Waals surface area (Å²) in [6.45, 7) is 10.1. The van der Waals surface area contributed by atoms with E-state index in [4.69, 9.17) is 4.74 Å². The molecule has 0 aliphatic rings. The zero-order valence-corrected chi connectivity index (χ0v) is 10.3. The molecule has 1 aromatic rings. The third-order valence-corrected chi connectivity index (χ3v) is 2.09. The Kier molecular flexibility index (Phi) is 5.95. The van der Waals surface area contributed by atoms with Gasteiger partial charge in [-0.2, -0.15) is 0 Å². The summed E-state index contributed by atoms with van der Waals surface area (Å²) in [5.41, 5.74) is 0. The predicted molar refractivity (Wildman–Crippen MR) is 60.9 cm³/mol. The largest absolute Gasteiger partial charge is 0.380 e. The molecule has 0 saturated carbocycles. The van der Waals surface area contributed by atoms with Crippen molar-refractivity contribution in [1.82, 2.24) is 25.5 Å². The van der Waals surface area contributed by atoms with Crippen molar-refractivity contribution in [2.75, 3.05) is 19.8 Å². The van der Waals surface area contributed by atoms with Gasteiger partial charge in [0.15, 0.2) is 5.82 Å². The van der Waals surface area contributed by atoms with E-state index in [1.54, 1.807) is 4.68 Å². The average molecular weight is 227 g/mol. The van der Waals surface area contributed by atoms with Crippen LogP contribution in [-0.4, -0.2) is 40.0 Å². The van der Waals surface area contributed by atoms with Gasteiger partial charge in [0.05, 0.1) is 19.7 Å². The van der Waals surface area contributed by atoms with E-state index in [0.717, 1.165) is 19.0 Å². The van der Waals surface area contributed by atoms with Gasteiger partial charge in [-0.1, -0.05) is 13.8 Å². The maximum atomic E-state index is 5.27. The van der Waals surface area contributed by atoms with Crippen LogP contribution in [-0.2, 0) is 17.8 Å². The fourth-order valence-corrected chi connectivity index (χ4v) is 1.29. The van der Waals surface area contributed by atoms with Gasteiger partial charge in [0.1, 0.15) is 0 Å². The van der Waals surface area contributed by atoms with E-state index in [-0.39, 0.29) is 0 Å². The Morgan fingerprint density at radius 1 is 1.44 bits per heavy atom. The summed E-state index contributed by atoms with van der Waals surface area (Å²) in [5.74, 6) is 1.49. The van der Waals surface area contributed by atoms with Crippen LogP contribution in [0.25, 0.3) is 0 Å². The van der Waals surface area contributed by atoms with Crippen molar-refractivity contribution in [3.63, 3.8) is 0 Å². The molecule has 0 saturated heterocycles. The van der Waals surface area contributed by atoms with Crippen LogP contribution in [0.1, 0.15) is 26.6 Å². The zero-order valence-electron chi connectivity index (χ0n) is 10.3. The highest BCUT2D eigenvalue weighted by Crippen LogP contribution is 1.94. The number of aromatic nitrogens is 4. The molecule has 1 aromatic heterocycles. The molecule has 0 unspecified atom stereocenters. The maximum Gasteiger partial charge on any atom is 0.165 e. The fourth-order valence-electron chi connectivity index (χ4n) is 1.29. The van der Waals surface area contributed by atoms with Gasteiger partial charge in [-0.15, -0.1) is 5.10 Å². The van der Waals surface area contributed by atoms with Crippen molar-refractivity contribution >= 4 is 0 Å². The molecule has 0 spiro atoms. The molecule has 92 valence electrons. The van der Waals surface area contributed by atoms with Crippen LogP contribution in [0.3, 0.4) is 0 Å². The Labute approximate surface area is 96.4 Å². The molecule has 0 aliphatic heterocycles. The third-order valence-electron chi connectivity index (χ3n) is 2.09. The SMILES string of the molecule is CCOCCn1nnnc1CNCC(C)C. The lowest BCUT2D eigenvalue weighted by atomic mass is 10.2. The van der Waals surface area contributed by atoms with Gasteiger partial charge >= 0.3 is 0 Å².